The van der Waals surface area contributed by atoms with Gasteiger partial charge in [0.15, 0.2) is 0 Å². The maximum Gasteiger partial charge on any atom is 0.272 e. The molecule has 1 amide bonds. The van der Waals surface area contributed by atoms with Crippen molar-refractivity contribution in [1.29, 1.82) is 0 Å². The third-order valence-corrected chi connectivity index (χ3v) is 3.98. The number of nitrogens with zero attached hydrogens (tertiary/aromatic N) is 2. The fourth-order valence-electron chi connectivity index (χ4n) is 2.50. The van der Waals surface area contributed by atoms with Gasteiger partial charge < -0.3 is 4.57 Å². The van der Waals surface area contributed by atoms with Gasteiger partial charge in [-0.05, 0) is 30.7 Å². The summed E-state index contributed by atoms with van der Waals surface area (Å²) in [4.78, 5) is 12.1. The van der Waals surface area contributed by atoms with Crippen molar-refractivity contribution in [1.82, 2.24) is 9.99 Å². The SMILES string of the molecule is Cc1ccc(C(=O)NN=Cc2cn(C)c3ccccc23)c(Cl)c1. The zero-order valence-electron chi connectivity index (χ0n) is 12.9. The van der Waals surface area contributed by atoms with Crippen LogP contribution in [0.4, 0.5) is 0 Å². The lowest BCUT2D eigenvalue weighted by Crippen LogP contribution is -2.18. The first kappa shape index (κ1) is 15.3. The molecule has 0 fully saturated rings. The normalized spacial score (nSPS) is 11.3. The minimum Gasteiger partial charge on any atom is -0.350 e. The smallest absolute Gasteiger partial charge is 0.272 e. The molecule has 5 heteroatoms. The van der Waals surface area contributed by atoms with E-state index in [1.165, 1.54) is 0 Å². The second kappa shape index (κ2) is 6.26. The van der Waals surface area contributed by atoms with Gasteiger partial charge >= 0.3 is 0 Å². The van der Waals surface area contributed by atoms with Crippen LogP contribution < -0.4 is 5.43 Å². The van der Waals surface area contributed by atoms with Crippen LogP contribution in [0.25, 0.3) is 10.9 Å². The van der Waals surface area contributed by atoms with E-state index in [0.29, 0.717) is 10.6 Å². The van der Waals surface area contributed by atoms with Crippen LogP contribution in [-0.4, -0.2) is 16.7 Å². The van der Waals surface area contributed by atoms with Gasteiger partial charge in [-0.15, -0.1) is 0 Å². The van der Waals surface area contributed by atoms with Gasteiger partial charge in [-0.2, -0.15) is 5.10 Å². The van der Waals surface area contributed by atoms with Crippen LogP contribution in [0.15, 0.2) is 53.8 Å². The van der Waals surface area contributed by atoms with E-state index in [2.05, 4.69) is 10.5 Å². The average Bonchev–Trinajstić information content (AvgIpc) is 2.84. The van der Waals surface area contributed by atoms with Gasteiger partial charge in [-0.1, -0.05) is 35.9 Å². The molecule has 1 aromatic heterocycles. The Bertz CT molecular complexity index is 912. The topological polar surface area (TPSA) is 46.4 Å². The van der Waals surface area contributed by atoms with Gasteiger partial charge in [0.1, 0.15) is 0 Å². The Hall–Kier alpha value is -2.59. The Kier molecular flexibility index (Phi) is 4.17. The number of fused-ring (bicyclic) bond motifs is 1. The molecule has 2 aromatic carbocycles. The summed E-state index contributed by atoms with van der Waals surface area (Å²) in [5, 5.41) is 5.55. The van der Waals surface area contributed by atoms with E-state index in [-0.39, 0.29) is 5.91 Å². The first-order chi connectivity index (χ1) is 11.1. The van der Waals surface area contributed by atoms with Crippen molar-refractivity contribution in [2.45, 2.75) is 6.92 Å². The highest BCUT2D eigenvalue weighted by atomic mass is 35.5. The van der Waals surface area contributed by atoms with Crippen molar-refractivity contribution in [2.75, 3.05) is 0 Å². The van der Waals surface area contributed by atoms with E-state index in [0.717, 1.165) is 22.0 Å². The van der Waals surface area contributed by atoms with Crippen LogP contribution >= 0.6 is 11.6 Å². The molecule has 0 saturated heterocycles. The molecule has 0 aliphatic carbocycles. The minimum absolute atomic E-state index is 0.327. The van der Waals surface area contributed by atoms with Gasteiger partial charge in [-0.25, -0.2) is 5.43 Å². The number of para-hydroxylation sites is 1. The molecular formula is C18H16ClN3O. The number of benzene rings is 2. The molecule has 0 radical (unpaired) electrons. The molecule has 0 atom stereocenters. The van der Waals surface area contributed by atoms with Gasteiger partial charge in [0.25, 0.3) is 5.91 Å². The van der Waals surface area contributed by atoms with Crippen LogP contribution in [0, 0.1) is 6.92 Å². The minimum atomic E-state index is -0.327. The van der Waals surface area contributed by atoms with Gasteiger partial charge in [0, 0.05) is 29.7 Å². The summed E-state index contributed by atoms with van der Waals surface area (Å²) in [5.74, 6) is -0.327. The summed E-state index contributed by atoms with van der Waals surface area (Å²) in [5.41, 5.74) is 5.99. The van der Waals surface area contributed by atoms with E-state index in [1.807, 2.05) is 55.1 Å². The lowest BCUT2D eigenvalue weighted by molar-refractivity contribution is 0.0955. The zero-order chi connectivity index (χ0) is 16.4. The van der Waals surface area contributed by atoms with E-state index < -0.39 is 0 Å². The largest absolute Gasteiger partial charge is 0.350 e. The van der Waals surface area contributed by atoms with Gasteiger partial charge in [-0.3, -0.25) is 4.79 Å². The van der Waals surface area contributed by atoms with Crippen molar-refractivity contribution in [3.05, 3.63) is 70.4 Å². The summed E-state index contributed by atoms with van der Waals surface area (Å²) in [6.07, 6.45) is 3.61. The predicted octanol–water partition coefficient (Wildman–Crippen LogP) is 3.90. The van der Waals surface area contributed by atoms with Crippen molar-refractivity contribution in [3.63, 3.8) is 0 Å². The van der Waals surface area contributed by atoms with E-state index in [1.54, 1.807) is 18.3 Å². The van der Waals surface area contributed by atoms with Crippen LogP contribution in [0.1, 0.15) is 21.5 Å². The number of halogens is 1. The maximum absolute atomic E-state index is 12.1. The van der Waals surface area contributed by atoms with Crippen LogP contribution in [-0.2, 0) is 7.05 Å². The lowest BCUT2D eigenvalue weighted by atomic mass is 10.1. The molecule has 3 rings (SSSR count). The van der Waals surface area contributed by atoms with Crippen molar-refractivity contribution in [3.8, 4) is 0 Å². The lowest BCUT2D eigenvalue weighted by Gasteiger charge is -2.03. The first-order valence-electron chi connectivity index (χ1n) is 7.20. The number of rotatable bonds is 3. The Morgan fingerprint density at radius 3 is 2.83 bits per heavy atom. The molecule has 0 unspecified atom stereocenters. The van der Waals surface area contributed by atoms with E-state index in [4.69, 9.17) is 11.6 Å². The summed E-state index contributed by atoms with van der Waals surface area (Å²) in [6, 6.07) is 13.3. The quantitative estimate of drug-likeness (QED) is 0.576. The molecule has 23 heavy (non-hydrogen) atoms. The van der Waals surface area contributed by atoms with E-state index in [9.17, 15) is 4.79 Å². The molecular weight excluding hydrogens is 310 g/mol. The molecule has 0 spiro atoms. The molecule has 0 bridgehead atoms. The number of hydrogen-bond donors (Lipinski definition) is 1. The number of aryl methyl sites for hydroxylation is 2. The number of nitrogens with one attached hydrogen (secondary N) is 1. The van der Waals surface area contributed by atoms with Crippen LogP contribution in [0.3, 0.4) is 0 Å². The Morgan fingerprint density at radius 1 is 1.26 bits per heavy atom. The van der Waals surface area contributed by atoms with Gasteiger partial charge in [0.2, 0.25) is 0 Å². The van der Waals surface area contributed by atoms with Crippen LogP contribution in [0.5, 0.6) is 0 Å². The van der Waals surface area contributed by atoms with Gasteiger partial charge in [0.05, 0.1) is 16.8 Å². The van der Waals surface area contributed by atoms with Crippen molar-refractivity contribution >= 4 is 34.6 Å². The number of carbonyl (C=O) groups is 1. The third-order valence-electron chi connectivity index (χ3n) is 3.67. The summed E-state index contributed by atoms with van der Waals surface area (Å²) in [7, 11) is 1.98. The first-order valence-corrected chi connectivity index (χ1v) is 7.57. The summed E-state index contributed by atoms with van der Waals surface area (Å²) >= 11 is 6.09. The maximum atomic E-state index is 12.1. The monoisotopic (exact) mass is 325 g/mol. The van der Waals surface area contributed by atoms with Crippen molar-refractivity contribution < 1.29 is 4.79 Å². The summed E-state index contributed by atoms with van der Waals surface area (Å²) in [6.45, 7) is 1.92. The Morgan fingerprint density at radius 2 is 2.04 bits per heavy atom. The third kappa shape index (κ3) is 3.12. The fourth-order valence-corrected chi connectivity index (χ4v) is 2.82. The molecule has 0 aliphatic rings. The standard InChI is InChI=1S/C18H16ClN3O/c1-12-7-8-15(16(19)9-12)18(23)21-20-10-13-11-22(2)17-6-4-3-5-14(13)17/h3-11H,1-2H3,(H,21,23). The van der Waals surface area contributed by atoms with Crippen molar-refractivity contribution in [2.24, 2.45) is 12.1 Å². The highest BCUT2D eigenvalue weighted by Gasteiger charge is 2.09. The molecule has 1 N–H and O–H groups in total. The number of carbonyl (C=O) groups excluding carboxylic acids is 1. The number of aromatic nitrogens is 1. The Labute approximate surface area is 139 Å². The Balaban J connectivity index is 1.79. The average molecular weight is 326 g/mol. The second-order valence-corrected chi connectivity index (χ2v) is 5.80. The molecule has 0 aliphatic heterocycles. The highest BCUT2D eigenvalue weighted by Crippen LogP contribution is 2.19. The predicted molar refractivity (Wildman–Crippen MR) is 94.2 cm³/mol. The molecule has 0 saturated carbocycles. The summed E-state index contributed by atoms with van der Waals surface area (Å²) < 4.78 is 2.02. The number of amides is 1. The molecule has 4 nitrogen and oxygen atoms in total. The van der Waals surface area contributed by atoms with E-state index >= 15 is 0 Å². The van der Waals surface area contributed by atoms with Crippen LogP contribution in [0.2, 0.25) is 5.02 Å². The highest BCUT2D eigenvalue weighted by molar-refractivity contribution is 6.33. The number of hydrogen-bond acceptors (Lipinski definition) is 2. The number of hydrazone groups is 1. The molecule has 3 aromatic rings. The fraction of sp³-hybridized carbons (Fsp3) is 0.111. The molecule has 116 valence electrons. The second-order valence-electron chi connectivity index (χ2n) is 5.39. The molecule has 1 heterocycles. The zero-order valence-corrected chi connectivity index (χ0v) is 13.6.